The number of rotatable bonds is 3. The first-order valence-corrected chi connectivity index (χ1v) is 5.63. The molecule has 2 aromatic heterocycles. The number of pyridine rings is 1. The molecular weight excluding hydrogens is 228 g/mol. The van der Waals surface area contributed by atoms with Crippen LogP contribution in [0.1, 0.15) is 5.82 Å². The van der Waals surface area contributed by atoms with Crippen LogP contribution in [0.25, 0.3) is 10.9 Å². The van der Waals surface area contributed by atoms with E-state index in [1.807, 2.05) is 41.9 Å². The van der Waals surface area contributed by atoms with Gasteiger partial charge in [0, 0.05) is 12.4 Å². The normalized spacial score (nSPS) is 10.7. The second-order valence-electron chi connectivity index (χ2n) is 4.01. The molecule has 1 aromatic carbocycles. The van der Waals surface area contributed by atoms with Gasteiger partial charge < -0.3 is 9.30 Å². The van der Waals surface area contributed by atoms with Crippen molar-refractivity contribution in [1.29, 1.82) is 0 Å². The van der Waals surface area contributed by atoms with Crippen molar-refractivity contribution in [1.82, 2.24) is 19.7 Å². The summed E-state index contributed by atoms with van der Waals surface area (Å²) in [5, 5.41) is 8.82. The molecule has 5 nitrogen and oxygen atoms in total. The summed E-state index contributed by atoms with van der Waals surface area (Å²) in [4.78, 5) is 4.34. The summed E-state index contributed by atoms with van der Waals surface area (Å²) >= 11 is 0. The molecule has 0 amide bonds. The Hall–Kier alpha value is -2.43. The highest BCUT2D eigenvalue weighted by Gasteiger charge is 2.03. The fraction of sp³-hybridized carbons (Fsp3) is 0.154. The minimum absolute atomic E-state index is 0.385. The first-order chi connectivity index (χ1) is 8.83. The van der Waals surface area contributed by atoms with Gasteiger partial charge in [-0.25, -0.2) is 0 Å². The van der Waals surface area contributed by atoms with Gasteiger partial charge in [0.25, 0.3) is 0 Å². The van der Waals surface area contributed by atoms with E-state index in [-0.39, 0.29) is 0 Å². The fourth-order valence-electron chi connectivity index (χ4n) is 1.72. The Morgan fingerprint density at radius 3 is 3.00 bits per heavy atom. The predicted molar refractivity (Wildman–Crippen MR) is 67.1 cm³/mol. The van der Waals surface area contributed by atoms with Gasteiger partial charge in [-0.3, -0.25) is 4.98 Å². The van der Waals surface area contributed by atoms with Gasteiger partial charge in [0.15, 0.2) is 5.82 Å². The number of fused-ring (bicyclic) bond motifs is 1. The first-order valence-electron chi connectivity index (χ1n) is 5.63. The third kappa shape index (κ3) is 2.02. The van der Waals surface area contributed by atoms with E-state index in [4.69, 9.17) is 4.74 Å². The lowest BCUT2D eigenvalue weighted by Gasteiger charge is -2.06. The molecule has 90 valence electrons. The Balaban J connectivity index is 1.81. The molecule has 0 spiro atoms. The number of hydrogen-bond acceptors (Lipinski definition) is 4. The van der Waals surface area contributed by atoms with Crippen molar-refractivity contribution in [2.45, 2.75) is 6.61 Å². The predicted octanol–water partition coefficient (Wildman–Crippen LogP) is 1.94. The molecule has 0 radical (unpaired) electrons. The third-order valence-corrected chi connectivity index (χ3v) is 2.74. The average Bonchev–Trinajstić information content (AvgIpc) is 2.82. The summed E-state index contributed by atoms with van der Waals surface area (Å²) in [5.74, 6) is 1.51. The molecule has 0 N–H and O–H groups in total. The number of aryl methyl sites for hydroxylation is 1. The van der Waals surface area contributed by atoms with Crippen LogP contribution < -0.4 is 4.74 Å². The van der Waals surface area contributed by atoms with Crippen LogP contribution >= 0.6 is 0 Å². The van der Waals surface area contributed by atoms with Gasteiger partial charge in [0.2, 0.25) is 0 Å². The average molecular weight is 240 g/mol. The maximum atomic E-state index is 5.65. The molecule has 5 heteroatoms. The highest BCUT2D eigenvalue weighted by molar-refractivity contribution is 5.79. The van der Waals surface area contributed by atoms with E-state index in [0.29, 0.717) is 6.61 Å². The summed E-state index contributed by atoms with van der Waals surface area (Å²) in [6, 6.07) is 9.91. The maximum Gasteiger partial charge on any atom is 0.170 e. The molecule has 0 aliphatic rings. The monoisotopic (exact) mass is 240 g/mol. The number of para-hydroxylation sites is 1. The zero-order valence-electron chi connectivity index (χ0n) is 9.95. The maximum absolute atomic E-state index is 5.65. The molecule has 0 saturated carbocycles. The Bertz CT molecular complexity index is 677. The number of ether oxygens (including phenoxy) is 1. The molecule has 2 heterocycles. The molecule has 0 unspecified atom stereocenters. The summed E-state index contributed by atoms with van der Waals surface area (Å²) in [5.41, 5.74) is 0.962. The van der Waals surface area contributed by atoms with E-state index >= 15 is 0 Å². The minimum Gasteiger partial charge on any atom is -0.484 e. The van der Waals surface area contributed by atoms with Gasteiger partial charge in [-0.15, -0.1) is 10.2 Å². The number of nitrogens with zero attached hydrogens (tertiary/aromatic N) is 4. The quantitative estimate of drug-likeness (QED) is 0.702. The van der Waals surface area contributed by atoms with Gasteiger partial charge in [-0.05, 0) is 12.1 Å². The van der Waals surface area contributed by atoms with Crippen LogP contribution in [0.5, 0.6) is 5.75 Å². The smallest absolute Gasteiger partial charge is 0.170 e. The molecule has 3 rings (SSSR count). The van der Waals surface area contributed by atoms with E-state index in [9.17, 15) is 0 Å². The fourth-order valence-corrected chi connectivity index (χ4v) is 1.72. The molecule has 0 fully saturated rings. The van der Waals surface area contributed by atoms with Gasteiger partial charge in [0.05, 0.1) is 11.7 Å². The summed E-state index contributed by atoms with van der Waals surface area (Å²) in [7, 11) is 1.89. The van der Waals surface area contributed by atoms with Crippen LogP contribution in [0.3, 0.4) is 0 Å². The zero-order chi connectivity index (χ0) is 12.4. The highest BCUT2D eigenvalue weighted by atomic mass is 16.5. The Morgan fingerprint density at radius 2 is 2.17 bits per heavy atom. The SMILES string of the molecule is Cn1cnnc1COc1cnc2ccccc2c1. The van der Waals surface area contributed by atoms with E-state index in [1.54, 1.807) is 12.5 Å². The van der Waals surface area contributed by atoms with Gasteiger partial charge >= 0.3 is 0 Å². The Labute approximate surface area is 104 Å². The van der Waals surface area contributed by atoms with Gasteiger partial charge in [-0.1, -0.05) is 18.2 Å². The summed E-state index contributed by atoms with van der Waals surface area (Å²) in [6.07, 6.45) is 3.37. The number of benzene rings is 1. The van der Waals surface area contributed by atoms with Crippen LogP contribution in [0.15, 0.2) is 42.9 Å². The van der Waals surface area contributed by atoms with Crippen molar-refractivity contribution in [3.8, 4) is 5.75 Å². The number of aromatic nitrogens is 4. The van der Waals surface area contributed by atoms with Crippen molar-refractivity contribution in [2.24, 2.45) is 7.05 Å². The molecule has 0 atom stereocenters. The van der Waals surface area contributed by atoms with E-state index in [2.05, 4.69) is 15.2 Å². The van der Waals surface area contributed by atoms with Crippen molar-refractivity contribution in [2.75, 3.05) is 0 Å². The standard InChI is InChI=1S/C13H12N4O/c1-17-9-15-16-13(17)8-18-11-6-10-4-2-3-5-12(10)14-7-11/h2-7,9H,8H2,1H3. The van der Waals surface area contributed by atoms with Gasteiger partial charge in [0.1, 0.15) is 18.7 Å². The summed E-state index contributed by atoms with van der Waals surface area (Å²) in [6.45, 7) is 0.385. The van der Waals surface area contributed by atoms with Crippen LogP contribution in [-0.2, 0) is 13.7 Å². The second kappa shape index (κ2) is 4.44. The molecular formula is C13H12N4O. The molecule has 0 aliphatic carbocycles. The lowest BCUT2D eigenvalue weighted by atomic mass is 10.2. The third-order valence-electron chi connectivity index (χ3n) is 2.74. The van der Waals surface area contributed by atoms with Crippen LogP contribution in [0.2, 0.25) is 0 Å². The van der Waals surface area contributed by atoms with E-state index in [1.165, 1.54) is 0 Å². The van der Waals surface area contributed by atoms with E-state index < -0.39 is 0 Å². The summed E-state index contributed by atoms with van der Waals surface area (Å²) < 4.78 is 7.48. The Morgan fingerprint density at radius 1 is 1.28 bits per heavy atom. The topological polar surface area (TPSA) is 52.8 Å². The second-order valence-corrected chi connectivity index (χ2v) is 4.01. The largest absolute Gasteiger partial charge is 0.484 e. The van der Waals surface area contributed by atoms with Crippen LogP contribution in [0.4, 0.5) is 0 Å². The molecule has 0 saturated heterocycles. The molecule has 3 aromatic rings. The Kier molecular flexibility index (Phi) is 2.64. The van der Waals surface area contributed by atoms with E-state index in [0.717, 1.165) is 22.5 Å². The van der Waals surface area contributed by atoms with Crippen LogP contribution in [0, 0.1) is 0 Å². The molecule has 18 heavy (non-hydrogen) atoms. The minimum atomic E-state index is 0.385. The molecule has 0 aliphatic heterocycles. The number of hydrogen-bond donors (Lipinski definition) is 0. The van der Waals surface area contributed by atoms with Crippen molar-refractivity contribution in [3.63, 3.8) is 0 Å². The van der Waals surface area contributed by atoms with Gasteiger partial charge in [-0.2, -0.15) is 0 Å². The highest BCUT2D eigenvalue weighted by Crippen LogP contribution is 2.18. The molecule has 0 bridgehead atoms. The van der Waals surface area contributed by atoms with Crippen molar-refractivity contribution < 1.29 is 4.74 Å². The van der Waals surface area contributed by atoms with Crippen molar-refractivity contribution >= 4 is 10.9 Å². The van der Waals surface area contributed by atoms with Crippen molar-refractivity contribution in [3.05, 3.63) is 48.7 Å². The first kappa shape index (κ1) is 10.7. The van der Waals surface area contributed by atoms with Crippen LogP contribution in [-0.4, -0.2) is 19.7 Å². The zero-order valence-corrected chi connectivity index (χ0v) is 9.95. The lowest BCUT2D eigenvalue weighted by Crippen LogP contribution is -2.03. The lowest BCUT2D eigenvalue weighted by molar-refractivity contribution is 0.290.